The highest BCUT2D eigenvalue weighted by Gasteiger charge is 2.35. The first-order chi connectivity index (χ1) is 35.7. The van der Waals surface area contributed by atoms with E-state index in [9.17, 15) is 35.9 Å². The largest absolute Gasteiger partial charge is 0.484 e. The molecule has 0 aliphatic carbocycles. The predicted octanol–water partition coefficient (Wildman–Crippen LogP) is 16.5. The van der Waals surface area contributed by atoms with Crippen molar-refractivity contribution >= 4 is 46.4 Å². The number of halogens is 6. The van der Waals surface area contributed by atoms with Gasteiger partial charge in [0.15, 0.2) is 11.2 Å². The molecule has 404 valence electrons. The van der Waals surface area contributed by atoms with Crippen LogP contribution < -0.4 is 14.2 Å². The van der Waals surface area contributed by atoms with E-state index in [2.05, 4.69) is 16.9 Å². The molecular formula is C58H60F6N2O7S3. The van der Waals surface area contributed by atoms with Gasteiger partial charge in [-0.2, -0.15) is 26.3 Å². The Hall–Kier alpha value is -6.37. The first-order valence-electron chi connectivity index (χ1n) is 24.3. The van der Waals surface area contributed by atoms with Gasteiger partial charge in [0.2, 0.25) is 0 Å². The second-order valence-electron chi connectivity index (χ2n) is 18.7. The molecule has 7 aromatic rings. The SMILES string of the molecule is CCOC(=O)C(C)(C)Oc1ccc(OC(Cc2ccccc2)c2sc(-c3ccc(C(F)(F)F)cc3)nc2C)cc1C.CCOC(=O)C(C)(C)Oc1ccc(SC(C)c2sc(-c3ccc(C(F)(F)F)cc3)nc2C)cc1C. The number of carbonyl (C=O) groups is 2. The van der Waals surface area contributed by atoms with Crippen LogP contribution in [0.25, 0.3) is 21.1 Å². The van der Waals surface area contributed by atoms with Crippen LogP contribution in [0, 0.1) is 27.7 Å². The summed E-state index contributed by atoms with van der Waals surface area (Å²) >= 11 is 4.54. The number of nitrogens with zero attached hydrogens (tertiary/aromatic N) is 2. The fourth-order valence-corrected chi connectivity index (χ4v) is 11.1. The molecule has 0 bridgehead atoms. The van der Waals surface area contributed by atoms with Crippen LogP contribution in [0.1, 0.15) is 109 Å². The molecule has 2 unspecified atom stereocenters. The Morgan fingerprint density at radius 3 is 1.49 bits per heavy atom. The van der Waals surface area contributed by atoms with Crippen LogP contribution in [-0.2, 0) is 37.8 Å². The lowest BCUT2D eigenvalue weighted by Crippen LogP contribution is -2.39. The summed E-state index contributed by atoms with van der Waals surface area (Å²) in [5.74, 6) is 0.879. The van der Waals surface area contributed by atoms with Crippen molar-refractivity contribution in [3.63, 3.8) is 0 Å². The smallest absolute Gasteiger partial charge is 0.416 e. The number of rotatable bonds is 18. The predicted molar refractivity (Wildman–Crippen MR) is 287 cm³/mol. The van der Waals surface area contributed by atoms with E-state index >= 15 is 0 Å². The van der Waals surface area contributed by atoms with Crippen molar-refractivity contribution in [1.29, 1.82) is 0 Å². The summed E-state index contributed by atoms with van der Waals surface area (Å²) < 4.78 is 106. The Kier molecular flexibility index (Phi) is 19.2. The number of esters is 2. The summed E-state index contributed by atoms with van der Waals surface area (Å²) in [6.45, 7) is 20.4. The lowest BCUT2D eigenvalue weighted by Gasteiger charge is -2.25. The minimum atomic E-state index is -4.40. The summed E-state index contributed by atoms with van der Waals surface area (Å²) in [7, 11) is 0. The van der Waals surface area contributed by atoms with E-state index in [0.717, 1.165) is 67.0 Å². The molecule has 2 heterocycles. The number of aromatic nitrogens is 2. The van der Waals surface area contributed by atoms with E-state index in [4.69, 9.17) is 23.7 Å². The molecule has 0 saturated heterocycles. The number of thioether (sulfide) groups is 1. The van der Waals surface area contributed by atoms with Crippen LogP contribution in [0.2, 0.25) is 0 Å². The standard InChI is InChI=1S/C32H32F3NO4S.C26H28F3NO3S2/c1-6-38-30(37)31(4,5)40-26-17-16-25(18-20(26)2)39-27(19-22-10-8-7-9-11-22)28-21(3)36-29(41-28)23-12-14-24(15-13-23)32(33,34)35;1-7-32-24(31)25(5,6)33-21-13-12-20(14-15(21)2)34-17(4)22-16(3)30-23(35-22)18-8-10-19(11-9-18)26(27,28)29/h7-18,27H,6,19H2,1-5H3;8-14,17H,7H2,1-6H3. The Labute approximate surface area is 452 Å². The summed E-state index contributed by atoms with van der Waals surface area (Å²) in [5, 5.41) is 1.40. The number of ether oxygens (including phenoxy) is 5. The summed E-state index contributed by atoms with van der Waals surface area (Å²) in [6.07, 6.45) is -8.60. The van der Waals surface area contributed by atoms with E-state index in [1.165, 1.54) is 46.9 Å². The molecule has 0 amide bonds. The maximum absolute atomic E-state index is 13.1. The fourth-order valence-electron chi connectivity index (χ4n) is 7.64. The molecule has 0 aliphatic rings. The third-order valence-electron chi connectivity index (χ3n) is 11.7. The van der Waals surface area contributed by atoms with Gasteiger partial charge in [0.1, 0.15) is 33.4 Å². The molecule has 9 nitrogen and oxygen atoms in total. The maximum atomic E-state index is 13.1. The van der Waals surface area contributed by atoms with Gasteiger partial charge in [0.05, 0.1) is 40.6 Å². The van der Waals surface area contributed by atoms with Crippen LogP contribution in [0.15, 0.2) is 120 Å². The summed E-state index contributed by atoms with van der Waals surface area (Å²) in [5.41, 5.74) is 1.99. The van der Waals surface area contributed by atoms with E-state index < -0.39 is 52.7 Å². The zero-order valence-corrected chi connectivity index (χ0v) is 46.4. The van der Waals surface area contributed by atoms with Gasteiger partial charge in [-0.15, -0.1) is 34.4 Å². The zero-order valence-electron chi connectivity index (χ0n) is 44.0. The van der Waals surface area contributed by atoms with Crippen LogP contribution >= 0.6 is 34.4 Å². The van der Waals surface area contributed by atoms with Crippen molar-refractivity contribution in [2.75, 3.05) is 13.2 Å². The van der Waals surface area contributed by atoms with Gasteiger partial charge in [0, 0.05) is 32.6 Å². The first-order valence-corrected chi connectivity index (χ1v) is 26.8. The van der Waals surface area contributed by atoms with Crippen molar-refractivity contribution in [2.24, 2.45) is 0 Å². The highest BCUT2D eigenvalue weighted by atomic mass is 32.2. The Bertz CT molecular complexity index is 3080. The number of alkyl halides is 6. The Morgan fingerprint density at radius 2 is 1.04 bits per heavy atom. The molecule has 18 heteroatoms. The molecule has 5 aromatic carbocycles. The third-order valence-corrected chi connectivity index (χ3v) is 15.6. The molecule has 2 aromatic heterocycles. The molecule has 0 radical (unpaired) electrons. The van der Waals surface area contributed by atoms with Crippen LogP contribution in [-0.4, -0.2) is 46.3 Å². The highest BCUT2D eigenvalue weighted by Crippen LogP contribution is 2.43. The second kappa shape index (κ2) is 24.7. The topological polar surface area (TPSA) is 106 Å². The lowest BCUT2D eigenvalue weighted by molar-refractivity contribution is -0.159. The van der Waals surface area contributed by atoms with E-state index in [1.807, 2.05) is 82.3 Å². The fraction of sp³-hybridized carbons (Fsp3) is 0.345. The average molecular weight is 1110 g/mol. The van der Waals surface area contributed by atoms with Crippen LogP contribution in [0.5, 0.6) is 17.2 Å². The van der Waals surface area contributed by atoms with Crippen molar-refractivity contribution in [2.45, 2.75) is 122 Å². The Morgan fingerprint density at radius 1 is 0.592 bits per heavy atom. The number of hydrogen-bond donors (Lipinski definition) is 0. The van der Waals surface area contributed by atoms with E-state index in [-0.39, 0.29) is 18.5 Å². The van der Waals surface area contributed by atoms with Gasteiger partial charge in [0.25, 0.3) is 0 Å². The molecule has 7 rings (SSSR count). The minimum Gasteiger partial charge on any atom is -0.484 e. The summed E-state index contributed by atoms with van der Waals surface area (Å²) in [6, 6.07) is 31.2. The van der Waals surface area contributed by atoms with Gasteiger partial charge in [-0.25, -0.2) is 19.6 Å². The minimum absolute atomic E-state index is 0.0813. The number of aryl methyl sites for hydroxylation is 4. The monoisotopic (exact) mass is 1110 g/mol. The van der Waals surface area contributed by atoms with Gasteiger partial charge < -0.3 is 23.7 Å². The van der Waals surface area contributed by atoms with Gasteiger partial charge in [-0.1, -0.05) is 54.6 Å². The normalized spacial score (nSPS) is 12.8. The molecule has 0 aliphatic heterocycles. The van der Waals surface area contributed by atoms with Crippen molar-refractivity contribution in [3.8, 4) is 38.4 Å². The second-order valence-corrected chi connectivity index (χ2v) is 22.1. The van der Waals surface area contributed by atoms with Crippen molar-refractivity contribution in [1.82, 2.24) is 9.97 Å². The van der Waals surface area contributed by atoms with Gasteiger partial charge in [-0.05, 0) is 154 Å². The van der Waals surface area contributed by atoms with Gasteiger partial charge >= 0.3 is 24.3 Å². The molecular weight excluding hydrogens is 1050 g/mol. The van der Waals surface area contributed by atoms with Gasteiger partial charge in [-0.3, -0.25) is 0 Å². The van der Waals surface area contributed by atoms with Crippen LogP contribution in [0.4, 0.5) is 26.3 Å². The Balaban J connectivity index is 0.000000250. The molecule has 2 atom stereocenters. The summed E-state index contributed by atoms with van der Waals surface area (Å²) in [4.78, 5) is 36.7. The van der Waals surface area contributed by atoms with E-state index in [0.29, 0.717) is 44.8 Å². The molecule has 76 heavy (non-hydrogen) atoms. The van der Waals surface area contributed by atoms with E-state index in [1.54, 1.807) is 65.4 Å². The van der Waals surface area contributed by atoms with Crippen molar-refractivity contribution in [3.05, 3.63) is 164 Å². The molecule has 0 fully saturated rings. The number of hydrogen-bond acceptors (Lipinski definition) is 12. The molecule has 0 saturated carbocycles. The number of benzene rings is 5. The average Bonchev–Trinajstić information content (AvgIpc) is 3.95. The zero-order chi connectivity index (χ0) is 55.8. The maximum Gasteiger partial charge on any atom is 0.416 e. The lowest BCUT2D eigenvalue weighted by atomic mass is 10.1. The first kappa shape index (κ1) is 58.9. The molecule has 0 spiro atoms. The quantitative estimate of drug-likeness (QED) is 0.0468. The number of carbonyl (C=O) groups excluding carboxylic acids is 2. The number of thiazole rings is 2. The third kappa shape index (κ3) is 15.4. The van der Waals surface area contributed by atoms with Crippen molar-refractivity contribution < 1.29 is 59.6 Å². The molecule has 0 N–H and O–H groups in total. The van der Waals surface area contributed by atoms with Crippen LogP contribution in [0.3, 0.4) is 0 Å². The highest BCUT2D eigenvalue weighted by molar-refractivity contribution is 7.99.